The third-order valence-electron chi connectivity index (χ3n) is 10.4. The van der Waals surface area contributed by atoms with Gasteiger partial charge in [-0.15, -0.1) is 0 Å². The van der Waals surface area contributed by atoms with Crippen molar-refractivity contribution in [1.29, 1.82) is 0 Å². The van der Waals surface area contributed by atoms with Crippen LogP contribution in [0.4, 0.5) is 5.69 Å². The largest absolute Gasteiger partial charge is 0.469 e. The Bertz CT molecular complexity index is 2060. The third kappa shape index (κ3) is 5.73. The summed E-state index contributed by atoms with van der Waals surface area (Å²) in [6.07, 6.45) is 10.8. The van der Waals surface area contributed by atoms with Gasteiger partial charge in [0.15, 0.2) is 0 Å². The number of carbonyl (C=O) groups is 1. The number of nitrogens with one attached hydrogen (secondary N) is 3. The van der Waals surface area contributed by atoms with Crippen molar-refractivity contribution in [3.63, 3.8) is 0 Å². The number of fused-ring (bicyclic) bond motifs is 5. The summed E-state index contributed by atoms with van der Waals surface area (Å²) in [5.41, 5.74) is 24.4. The lowest BCUT2D eigenvalue weighted by atomic mass is 9.86. The Balaban J connectivity index is 1.42. The van der Waals surface area contributed by atoms with E-state index in [-0.39, 0.29) is 17.8 Å². The Hall–Kier alpha value is -4.76. The fourth-order valence-corrected chi connectivity index (χ4v) is 7.84. The zero-order valence-electron chi connectivity index (χ0n) is 28.8. The Labute approximate surface area is 296 Å². The first-order chi connectivity index (χ1) is 23.6. The summed E-state index contributed by atoms with van der Waals surface area (Å²) < 4.78 is 6.09. The molecule has 0 radical (unpaired) electrons. The highest BCUT2D eigenvalue weighted by Crippen LogP contribution is 2.46. The van der Waals surface area contributed by atoms with Crippen molar-refractivity contribution < 1.29 is 9.53 Å². The number of carbonyl (C=O) groups excluding carboxylic acids is 1. The monoisotopic (exact) mass is 716 g/mol. The molecule has 8 nitrogen and oxygen atoms in total. The Morgan fingerprint density at radius 1 is 1.02 bits per heavy atom. The second-order valence-electron chi connectivity index (χ2n) is 13.1. The molecule has 1 fully saturated rings. The second-order valence-corrected chi connectivity index (χ2v) is 14.1. The third-order valence-corrected chi connectivity index (χ3v) is 10.9. The molecule has 0 amide bonds. The predicted octanol–water partition coefficient (Wildman–Crippen LogP) is 8.62. The molecule has 6 aliphatic rings. The van der Waals surface area contributed by atoms with E-state index < -0.39 is 0 Å². The van der Waals surface area contributed by atoms with Crippen molar-refractivity contribution >= 4 is 44.7 Å². The Kier molecular flexibility index (Phi) is 8.65. The smallest absolute Gasteiger partial charge is 0.305 e. The summed E-state index contributed by atoms with van der Waals surface area (Å²) >= 11 is 3.53. The molecule has 0 aromatic heterocycles. The molecule has 7 rings (SSSR count). The summed E-state index contributed by atoms with van der Waals surface area (Å²) in [4.78, 5) is 28.1. The summed E-state index contributed by atoms with van der Waals surface area (Å²) in [7, 11) is 1.45. The molecule has 5 heterocycles. The van der Waals surface area contributed by atoms with Gasteiger partial charge in [-0.25, -0.2) is 15.0 Å². The molecule has 49 heavy (non-hydrogen) atoms. The molecule has 9 heteroatoms. The van der Waals surface area contributed by atoms with Gasteiger partial charge in [0.25, 0.3) is 0 Å². The standard InChI is InChI=1S/C40H41BrN6O2/c1-8-26-20(3)30-17-32-22(5)28(14-15-37(48)49-7)39(44-32)29-16-36(47-46-25-12-10-24(41)11-13-25)38-23(6)33(45-40(29)38)19-35-27(9-2)21(4)31(43-35)18-34(26)42-30/h8,10-13,17-19,22,28,44,46-47H,1,9,14-16H2,2-7H3/t22-,28-/m0/s1. The first-order valence-electron chi connectivity index (χ1n) is 16.9. The lowest BCUT2D eigenvalue weighted by Gasteiger charge is -2.17. The normalized spacial score (nSPS) is 22.6. The van der Waals surface area contributed by atoms with E-state index in [1.165, 1.54) is 12.7 Å². The Morgan fingerprint density at radius 3 is 2.47 bits per heavy atom. The summed E-state index contributed by atoms with van der Waals surface area (Å²) in [6, 6.07) is 8.08. The van der Waals surface area contributed by atoms with Gasteiger partial charge in [0.1, 0.15) is 0 Å². The topological polar surface area (TPSA) is 99.5 Å². The molecule has 0 spiro atoms. The van der Waals surface area contributed by atoms with Crippen LogP contribution in [0.1, 0.15) is 60.3 Å². The zero-order valence-corrected chi connectivity index (χ0v) is 30.4. The minimum atomic E-state index is -0.209. The average molecular weight is 718 g/mol. The molecule has 1 aliphatic carbocycles. The Morgan fingerprint density at radius 2 is 1.76 bits per heavy atom. The van der Waals surface area contributed by atoms with Gasteiger partial charge < -0.3 is 20.9 Å². The second kappa shape index (κ2) is 12.9. The summed E-state index contributed by atoms with van der Waals surface area (Å²) in [5, 5.41) is 3.84. The predicted molar refractivity (Wildman–Crippen MR) is 202 cm³/mol. The van der Waals surface area contributed by atoms with Crippen molar-refractivity contribution in [1.82, 2.24) is 10.7 Å². The highest BCUT2D eigenvalue weighted by atomic mass is 79.9. The number of halogens is 1. The SMILES string of the molecule is C=CC1=C(C)C2=NC1=CC1=NC(=CC3=C(C)C4=C(NNc5ccc(Br)cc5)CC(=C5NC(=C2)[C@@H](C)[C@@H]5CCC(=O)OC)C4=N3)C(CC)=C1C. The number of anilines is 1. The quantitative estimate of drug-likeness (QED) is 0.185. The number of esters is 1. The molecule has 3 N–H and O–H groups in total. The molecule has 0 saturated carbocycles. The van der Waals surface area contributed by atoms with Crippen LogP contribution in [0.25, 0.3) is 0 Å². The minimum Gasteiger partial charge on any atom is -0.469 e. The highest BCUT2D eigenvalue weighted by Gasteiger charge is 2.41. The van der Waals surface area contributed by atoms with Crippen LogP contribution in [0.3, 0.4) is 0 Å². The molecular weight excluding hydrogens is 676 g/mol. The first kappa shape index (κ1) is 32.8. The fraction of sp³-hybridized carbons (Fsp3) is 0.300. The molecule has 0 unspecified atom stereocenters. The van der Waals surface area contributed by atoms with Crippen LogP contribution in [0.5, 0.6) is 0 Å². The fourth-order valence-electron chi connectivity index (χ4n) is 7.57. The molecule has 250 valence electrons. The van der Waals surface area contributed by atoms with Gasteiger partial charge in [0.05, 0.1) is 47.0 Å². The maximum atomic E-state index is 12.4. The van der Waals surface area contributed by atoms with Crippen molar-refractivity contribution in [3.05, 3.63) is 133 Å². The molecule has 8 bridgehead atoms. The minimum absolute atomic E-state index is 0.0560. The van der Waals surface area contributed by atoms with E-state index in [2.05, 4.69) is 91.5 Å². The zero-order chi connectivity index (χ0) is 34.6. The van der Waals surface area contributed by atoms with Gasteiger partial charge in [0, 0.05) is 63.0 Å². The van der Waals surface area contributed by atoms with Crippen LogP contribution < -0.4 is 16.2 Å². The van der Waals surface area contributed by atoms with Crippen LogP contribution >= 0.6 is 15.9 Å². The summed E-state index contributed by atoms with van der Waals surface area (Å²) in [6.45, 7) is 14.9. The number of methoxy groups -OCH3 is 1. The first-order valence-corrected chi connectivity index (χ1v) is 17.7. The van der Waals surface area contributed by atoms with Gasteiger partial charge >= 0.3 is 5.97 Å². The maximum Gasteiger partial charge on any atom is 0.305 e. The van der Waals surface area contributed by atoms with Crippen molar-refractivity contribution in [3.8, 4) is 0 Å². The van der Waals surface area contributed by atoms with E-state index in [9.17, 15) is 4.79 Å². The van der Waals surface area contributed by atoms with Crippen LogP contribution in [0, 0.1) is 11.8 Å². The lowest BCUT2D eigenvalue weighted by molar-refractivity contribution is -0.140. The highest BCUT2D eigenvalue weighted by molar-refractivity contribution is 9.10. The van der Waals surface area contributed by atoms with E-state index in [0.717, 1.165) is 101 Å². The molecule has 2 atom stereocenters. The molecule has 1 aromatic rings. The van der Waals surface area contributed by atoms with E-state index in [1.54, 1.807) is 0 Å². The van der Waals surface area contributed by atoms with Crippen molar-refractivity contribution in [2.24, 2.45) is 26.8 Å². The van der Waals surface area contributed by atoms with Gasteiger partial charge in [-0.05, 0) is 98.4 Å². The maximum absolute atomic E-state index is 12.4. The number of allylic oxidation sites excluding steroid dienone is 12. The number of ether oxygens (including phenoxy) is 1. The molecule has 1 saturated heterocycles. The number of benzene rings is 1. The van der Waals surface area contributed by atoms with Gasteiger partial charge in [-0.1, -0.05) is 42.4 Å². The van der Waals surface area contributed by atoms with Crippen molar-refractivity contribution in [2.75, 3.05) is 12.5 Å². The van der Waals surface area contributed by atoms with Crippen LogP contribution in [0.15, 0.2) is 148 Å². The van der Waals surface area contributed by atoms with E-state index in [1.807, 2.05) is 30.3 Å². The number of rotatable bonds is 8. The average Bonchev–Trinajstić information content (AvgIpc) is 3.85. The van der Waals surface area contributed by atoms with Crippen molar-refractivity contribution in [2.45, 2.75) is 60.3 Å². The van der Waals surface area contributed by atoms with Gasteiger partial charge in [-0.2, -0.15) is 0 Å². The number of nitrogens with zero attached hydrogens (tertiary/aromatic N) is 3. The summed E-state index contributed by atoms with van der Waals surface area (Å²) in [5.74, 6) is -0.0465. The molecule has 5 aliphatic heterocycles. The molecule has 1 aromatic carbocycles. The van der Waals surface area contributed by atoms with Crippen LogP contribution in [-0.4, -0.2) is 30.2 Å². The van der Waals surface area contributed by atoms with E-state index in [4.69, 9.17) is 19.7 Å². The molecular formula is C40H41BrN6O2. The lowest BCUT2D eigenvalue weighted by Crippen LogP contribution is -2.21. The van der Waals surface area contributed by atoms with Gasteiger partial charge in [0.2, 0.25) is 0 Å². The number of hydrazine groups is 1. The number of aliphatic imine (C=N–C) groups is 3. The van der Waals surface area contributed by atoms with E-state index >= 15 is 0 Å². The van der Waals surface area contributed by atoms with Crippen LogP contribution in [0.2, 0.25) is 0 Å². The number of hydrogen-bond donors (Lipinski definition) is 3. The van der Waals surface area contributed by atoms with E-state index in [0.29, 0.717) is 19.3 Å². The van der Waals surface area contributed by atoms with Gasteiger partial charge in [-0.3, -0.25) is 4.79 Å². The number of hydrogen-bond acceptors (Lipinski definition) is 8. The van der Waals surface area contributed by atoms with Crippen LogP contribution in [-0.2, 0) is 9.53 Å².